The van der Waals surface area contributed by atoms with Crippen LogP contribution in [0.2, 0.25) is 0 Å². The Hall–Kier alpha value is -2.91. The Morgan fingerprint density at radius 3 is 2.50 bits per heavy atom. The minimum atomic E-state index is 0.0688. The highest BCUT2D eigenvalue weighted by molar-refractivity contribution is 6.01. The molecule has 0 radical (unpaired) electrons. The van der Waals surface area contributed by atoms with Crippen molar-refractivity contribution in [2.24, 2.45) is 5.92 Å². The molecule has 28 heavy (non-hydrogen) atoms. The topological polar surface area (TPSA) is 40.5 Å². The molecule has 3 heteroatoms. The summed E-state index contributed by atoms with van der Waals surface area (Å²) in [7, 11) is 0. The molecule has 0 spiro atoms. The van der Waals surface area contributed by atoms with E-state index >= 15 is 0 Å². The van der Waals surface area contributed by atoms with Crippen molar-refractivity contribution in [3.05, 3.63) is 95.6 Å². The van der Waals surface area contributed by atoms with Gasteiger partial charge in [0.15, 0.2) is 0 Å². The molecule has 1 atom stereocenters. The van der Waals surface area contributed by atoms with Crippen molar-refractivity contribution >= 4 is 5.91 Å². The van der Waals surface area contributed by atoms with E-state index in [9.17, 15) is 9.90 Å². The molecule has 1 aliphatic rings. The van der Waals surface area contributed by atoms with E-state index in [-0.39, 0.29) is 12.5 Å². The Balaban J connectivity index is 1.48. The molecule has 3 aromatic carbocycles. The third kappa shape index (κ3) is 4.00. The van der Waals surface area contributed by atoms with Crippen LogP contribution < -0.4 is 0 Å². The average molecular weight is 371 g/mol. The van der Waals surface area contributed by atoms with E-state index in [4.69, 9.17) is 0 Å². The Kier molecular flexibility index (Phi) is 5.54. The number of rotatable bonds is 5. The summed E-state index contributed by atoms with van der Waals surface area (Å²) in [6.45, 7) is 1.65. The average Bonchev–Trinajstić information content (AvgIpc) is 3.22. The van der Waals surface area contributed by atoms with Gasteiger partial charge in [-0.3, -0.25) is 4.79 Å². The van der Waals surface area contributed by atoms with Crippen LogP contribution in [0.15, 0.2) is 78.9 Å². The molecular formula is C25H25NO2. The Labute approximate surface area is 166 Å². The minimum Gasteiger partial charge on any atom is -0.392 e. The number of carbonyl (C=O) groups is 1. The first-order chi connectivity index (χ1) is 13.7. The van der Waals surface area contributed by atoms with Gasteiger partial charge in [0.05, 0.1) is 6.61 Å². The van der Waals surface area contributed by atoms with Gasteiger partial charge >= 0.3 is 0 Å². The maximum Gasteiger partial charge on any atom is 0.254 e. The fourth-order valence-corrected chi connectivity index (χ4v) is 4.08. The molecule has 0 bridgehead atoms. The lowest BCUT2D eigenvalue weighted by atomic mass is 9.97. The fourth-order valence-electron chi connectivity index (χ4n) is 4.08. The van der Waals surface area contributed by atoms with Crippen molar-refractivity contribution in [1.82, 2.24) is 4.90 Å². The van der Waals surface area contributed by atoms with Gasteiger partial charge in [-0.15, -0.1) is 0 Å². The first-order valence-corrected chi connectivity index (χ1v) is 9.87. The van der Waals surface area contributed by atoms with Crippen LogP contribution >= 0.6 is 0 Å². The second-order valence-corrected chi connectivity index (χ2v) is 7.50. The Bertz CT molecular complexity index is 952. The van der Waals surface area contributed by atoms with Crippen molar-refractivity contribution in [2.45, 2.75) is 19.4 Å². The lowest BCUT2D eigenvalue weighted by Crippen LogP contribution is -2.29. The van der Waals surface area contributed by atoms with Gasteiger partial charge in [0.25, 0.3) is 5.91 Å². The zero-order valence-corrected chi connectivity index (χ0v) is 15.9. The molecule has 1 heterocycles. The number of carbonyl (C=O) groups excluding carboxylic acids is 1. The van der Waals surface area contributed by atoms with Crippen LogP contribution in [-0.4, -0.2) is 29.0 Å². The predicted octanol–water partition coefficient (Wildman–Crippen LogP) is 4.55. The molecule has 1 amide bonds. The lowest BCUT2D eigenvalue weighted by Gasteiger charge is -2.19. The van der Waals surface area contributed by atoms with Crippen LogP contribution in [-0.2, 0) is 13.0 Å². The Morgan fingerprint density at radius 1 is 0.929 bits per heavy atom. The number of likely N-dealkylation sites (tertiary alicyclic amines) is 1. The van der Waals surface area contributed by atoms with Crippen molar-refractivity contribution in [3.63, 3.8) is 0 Å². The summed E-state index contributed by atoms with van der Waals surface area (Å²) in [5, 5.41) is 9.33. The maximum atomic E-state index is 13.2. The highest BCUT2D eigenvalue weighted by Crippen LogP contribution is 2.28. The second-order valence-electron chi connectivity index (χ2n) is 7.50. The first kappa shape index (κ1) is 18.5. The summed E-state index contributed by atoms with van der Waals surface area (Å²) in [6, 6.07) is 26.1. The van der Waals surface area contributed by atoms with Gasteiger partial charge < -0.3 is 10.0 Å². The van der Waals surface area contributed by atoms with Crippen LogP contribution in [0.5, 0.6) is 0 Å². The number of hydrogen-bond acceptors (Lipinski definition) is 2. The number of hydrogen-bond donors (Lipinski definition) is 1. The van der Waals surface area contributed by atoms with Gasteiger partial charge in [-0.2, -0.15) is 0 Å². The first-order valence-electron chi connectivity index (χ1n) is 9.87. The van der Waals surface area contributed by atoms with E-state index in [2.05, 4.69) is 12.1 Å². The maximum absolute atomic E-state index is 13.2. The van der Waals surface area contributed by atoms with Gasteiger partial charge in [0, 0.05) is 18.7 Å². The monoisotopic (exact) mass is 371 g/mol. The van der Waals surface area contributed by atoms with Gasteiger partial charge in [-0.1, -0.05) is 72.8 Å². The molecule has 4 rings (SSSR count). The molecule has 0 aliphatic carbocycles. The molecule has 1 N–H and O–H groups in total. The lowest BCUT2D eigenvalue weighted by molar-refractivity contribution is 0.0788. The van der Waals surface area contributed by atoms with Crippen molar-refractivity contribution < 1.29 is 9.90 Å². The van der Waals surface area contributed by atoms with Crippen molar-refractivity contribution in [3.8, 4) is 11.1 Å². The van der Waals surface area contributed by atoms with Gasteiger partial charge in [-0.05, 0) is 47.1 Å². The molecule has 1 saturated heterocycles. The van der Waals surface area contributed by atoms with Crippen LogP contribution in [0.3, 0.4) is 0 Å². The molecule has 142 valence electrons. The van der Waals surface area contributed by atoms with E-state index < -0.39 is 0 Å². The second kappa shape index (κ2) is 8.41. The van der Waals surface area contributed by atoms with Crippen LogP contribution in [0.25, 0.3) is 11.1 Å². The van der Waals surface area contributed by atoms with E-state index in [1.165, 1.54) is 5.56 Å². The van der Waals surface area contributed by atoms with Crippen LogP contribution in [0, 0.1) is 5.92 Å². The summed E-state index contributed by atoms with van der Waals surface area (Å²) >= 11 is 0. The summed E-state index contributed by atoms with van der Waals surface area (Å²) in [5.74, 6) is 0.577. The summed E-state index contributed by atoms with van der Waals surface area (Å²) in [5.41, 5.74) is 5.02. The molecule has 1 unspecified atom stereocenters. The SMILES string of the molecule is O=C(c1ccccc1-c1ccccc1)N1CCC(Cc2cccc(CO)c2)C1. The molecule has 0 saturated carbocycles. The number of nitrogens with zero attached hydrogens (tertiary/aromatic N) is 1. The predicted molar refractivity (Wildman–Crippen MR) is 112 cm³/mol. The highest BCUT2D eigenvalue weighted by atomic mass is 16.3. The standard InChI is InChI=1S/C25H25NO2/c27-18-21-8-6-7-19(16-21)15-20-13-14-26(17-20)25(28)24-12-5-4-11-23(24)22-9-2-1-3-10-22/h1-12,16,20,27H,13-15,17-18H2. The van der Waals surface area contributed by atoms with E-state index in [1.807, 2.05) is 71.6 Å². The molecular weight excluding hydrogens is 346 g/mol. The summed E-state index contributed by atoms with van der Waals surface area (Å²) in [4.78, 5) is 15.2. The van der Waals surface area contributed by atoms with Crippen LogP contribution in [0.1, 0.15) is 27.9 Å². The smallest absolute Gasteiger partial charge is 0.254 e. The van der Waals surface area contributed by atoms with E-state index in [1.54, 1.807) is 0 Å². The largest absolute Gasteiger partial charge is 0.392 e. The number of aliphatic hydroxyl groups excluding tert-OH is 1. The van der Waals surface area contributed by atoms with E-state index in [0.29, 0.717) is 5.92 Å². The van der Waals surface area contributed by atoms with E-state index in [0.717, 1.165) is 48.2 Å². The quantitative estimate of drug-likeness (QED) is 0.715. The van der Waals surface area contributed by atoms with Gasteiger partial charge in [0.2, 0.25) is 0 Å². The molecule has 3 aromatic rings. The number of benzene rings is 3. The normalized spacial score (nSPS) is 16.3. The van der Waals surface area contributed by atoms with Crippen LogP contribution in [0.4, 0.5) is 0 Å². The van der Waals surface area contributed by atoms with Crippen molar-refractivity contribution in [2.75, 3.05) is 13.1 Å². The third-order valence-corrected chi connectivity index (χ3v) is 5.51. The molecule has 1 aliphatic heterocycles. The third-order valence-electron chi connectivity index (χ3n) is 5.51. The summed E-state index contributed by atoms with van der Waals surface area (Å²) < 4.78 is 0. The van der Waals surface area contributed by atoms with Gasteiger partial charge in [0.1, 0.15) is 0 Å². The zero-order chi connectivity index (χ0) is 19.3. The zero-order valence-electron chi connectivity index (χ0n) is 15.9. The summed E-state index contributed by atoms with van der Waals surface area (Å²) in [6.07, 6.45) is 1.96. The molecule has 3 nitrogen and oxygen atoms in total. The Morgan fingerprint density at radius 2 is 1.68 bits per heavy atom. The van der Waals surface area contributed by atoms with Gasteiger partial charge in [-0.25, -0.2) is 0 Å². The highest BCUT2D eigenvalue weighted by Gasteiger charge is 2.28. The van der Waals surface area contributed by atoms with Crippen molar-refractivity contribution in [1.29, 1.82) is 0 Å². The molecule has 1 fully saturated rings. The fraction of sp³-hybridized carbons (Fsp3) is 0.240. The molecule has 0 aromatic heterocycles. The minimum absolute atomic E-state index is 0.0688. The number of aliphatic hydroxyl groups is 1. The number of amides is 1.